The Hall–Kier alpha value is -3.74. The number of H-pyrrole nitrogens is 1. The molecule has 4 aromatic rings. The first kappa shape index (κ1) is 24.6. The highest BCUT2D eigenvalue weighted by molar-refractivity contribution is 7.17. The van der Waals surface area contributed by atoms with Crippen molar-refractivity contribution in [1.82, 2.24) is 24.6 Å². The quantitative estimate of drug-likeness (QED) is 0.389. The molecule has 1 aromatic carbocycles. The Kier molecular flexibility index (Phi) is 6.17. The molecule has 0 radical (unpaired) electrons. The molecule has 0 atom stereocenters. The predicted molar refractivity (Wildman–Crippen MR) is 145 cm³/mol. The Morgan fingerprint density at radius 2 is 2.03 bits per heavy atom. The van der Waals surface area contributed by atoms with Gasteiger partial charge in [0.2, 0.25) is 5.95 Å². The van der Waals surface area contributed by atoms with Gasteiger partial charge in [-0.1, -0.05) is 0 Å². The van der Waals surface area contributed by atoms with Crippen molar-refractivity contribution in [1.29, 1.82) is 0 Å². The summed E-state index contributed by atoms with van der Waals surface area (Å²) >= 11 is 1.39. The second-order valence-electron chi connectivity index (χ2n) is 9.93. The number of aromatic amines is 1. The minimum atomic E-state index is -0.975. The van der Waals surface area contributed by atoms with E-state index >= 15 is 0 Å². The topological polar surface area (TPSA) is 118 Å². The Morgan fingerprint density at radius 3 is 2.79 bits per heavy atom. The van der Waals surface area contributed by atoms with Crippen LogP contribution in [0.15, 0.2) is 36.7 Å². The number of fused-ring (bicyclic) bond motifs is 2. The summed E-state index contributed by atoms with van der Waals surface area (Å²) < 4.78 is 13.6. The molecule has 12 heteroatoms. The van der Waals surface area contributed by atoms with E-state index in [4.69, 9.17) is 14.5 Å². The van der Waals surface area contributed by atoms with Crippen molar-refractivity contribution in [2.24, 2.45) is 0 Å². The maximum atomic E-state index is 13.3. The molecule has 6 rings (SSSR count). The molecule has 11 nitrogen and oxygen atoms in total. The first-order valence-electron chi connectivity index (χ1n) is 12.5. The fourth-order valence-electron chi connectivity index (χ4n) is 4.87. The summed E-state index contributed by atoms with van der Waals surface area (Å²) in [6.45, 7) is 8.07. The SMILES string of the molecule is CN1C(=O)C(C)(C)Oc2cc3c(cc21)nc(NC(=O)c1ccc(-c2cn[nH]c2)s1)n3CCN1CCOCC1. The van der Waals surface area contributed by atoms with Gasteiger partial charge >= 0.3 is 0 Å². The van der Waals surface area contributed by atoms with Gasteiger partial charge in [0.1, 0.15) is 5.75 Å². The van der Waals surface area contributed by atoms with Gasteiger partial charge in [0.05, 0.1) is 41.0 Å². The van der Waals surface area contributed by atoms with Crippen LogP contribution in [-0.2, 0) is 16.1 Å². The number of likely N-dealkylation sites (N-methyl/N-ethyl adjacent to an activating group) is 1. The van der Waals surface area contributed by atoms with Crippen LogP contribution in [0.25, 0.3) is 21.5 Å². The molecule has 2 N–H and O–H groups in total. The summed E-state index contributed by atoms with van der Waals surface area (Å²) in [7, 11) is 1.74. The molecule has 5 heterocycles. The Bertz CT molecular complexity index is 1500. The second kappa shape index (κ2) is 9.53. The molecule has 2 aliphatic rings. The van der Waals surface area contributed by atoms with Crippen molar-refractivity contribution in [2.45, 2.75) is 26.0 Å². The second-order valence-corrected chi connectivity index (χ2v) is 11.0. The molecule has 0 saturated carbocycles. The summed E-state index contributed by atoms with van der Waals surface area (Å²) in [4.78, 5) is 36.3. The van der Waals surface area contributed by atoms with Crippen LogP contribution in [0.3, 0.4) is 0 Å². The van der Waals surface area contributed by atoms with Crippen LogP contribution in [0.1, 0.15) is 23.5 Å². The molecule has 0 unspecified atom stereocenters. The minimum absolute atomic E-state index is 0.129. The van der Waals surface area contributed by atoms with E-state index in [1.807, 2.05) is 22.8 Å². The van der Waals surface area contributed by atoms with E-state index in [9.17, 15) is 9.59 Å². The molecule has 2 aliphatic heterocycles. The van der Waals surface area contributed by atoms with Gasteiger partial charge in [-0.15, -0.1) is 11.3 Å². The first-order chi connectivity index (χ1) is 18.3. The van der Waals surface area contributed by atoms with E-state index in [-0.39, 0.29) is 11.8 Å². The average Bonchev–Trinajstić information content (AvgIpc) is 3.66. The average molecular weight is 536 g/mol. The van der Waals surface area contributed by atoms with Crippen molar-refractivity contribution in [2.75, 3.05) is 50.1 Å². The third-order valence-electron chi connectivity index (χ3n) is 6.96. The molecule has 0 bridgehead atoms. The lowest BCUT2D eigenvalue weighted by Gasteiger charge is -2.36. The summed E-state index contributed by atoms with van der Waals surface area (Å²) in [5.74, 6) is 0.697. The molecular weight excluding hydrogens is 506 g/mol. The third-order valence-corrected chi connectivity index (χ3v) is 8.09. The van der Waals surface area contributed by atoms with Crippen LogP contribution in [-0.4, -0.2) is 82.0 Å². The van der Waals surface area contributed by atoms with Gasteiger partial charge in [-0.05, 0) is 32.0 Å². The number of amides is 2. The van der Waals surface area contributed by atoms with Gasteiger partial charge in [0, 0.05) is 55.9 Å². The van der Waals surface area contributed by atoms with Gasteiger partial charge in [-0.3, -0.25) is 24.9 Å². The highest BCUT2D eigenvalue weighted by atomic mass is 32.1. The molecule has 2 amide bonds. The number of ether oxygens (including phenoxy) is 2. The number of carbonyl (C=O) groups excluding carboxylic acids is 2. The van der Waals surface area contributed by atoms with Crippen LogP contribution in [0.5, 0.6) is 5.75 Å². The van der Waals surface area contributed by atoms with Gasteiger partial charge in [0.15, 0.2) is 5.60 Å². The zero-order chi connectivity index (χ0) is 26.4. The van der Waals surface area contributed by atoms with Crippen molar-refractivity contribution in [3.63, 3.8) is 0 Å². The van der Waals surface area contributed by atoms with Gasteiger partial charge < -0.3 is 18.9 Å². The van der Waals surface area contributed by atoms with E-state index < -0.39 is 5.60 Å². The summed E-state index contributed by atoms with van der Waals surface area (Å²) in [5, 5.41) is 9.81. The fourth-order valence-corrected chi connectivity index (χ4v) is 5.75. The van der Waals surface area contributed by atoms with Crippen molar-refractivity contribution in [3.05, 3.63) is 41.5 Å². The largest absolute Gasteiger partial charge is 0.476 e. The van der Waals surface area contributed by atoms with E-state index in [0.717, 1.165) is 35.6 Å². The molecule has 3 aromatic heterocycles. The highest BCUT2D eigenvalue weighted by Gasteiger charge is 2.39. The minimum Gasteiger partial charge on any atom is -0.476 e. The molecule has 0 aliphatic carbocycles. The smallest absolute Gasteiger partial charge is 0.270 e. The fraction of sp³-hybridized carbons (Fsp3) is 0.385. The van der Waals surface area contributed by atoms with Gasteiger partial charge in [-0.2, -0.15) is 5.10 Å². The summed E-state index contributed by atoms with van der Waals surface area (Å²) in [6.07, 6.45) is 3.52. The van der Waals surface area contributed by atoms with Crippen molar-refractivity contribution in [3.8, 4) is 16.2 Å². The van der Waals surface area contributed by atoms with Crippen LogP contribution < -0.4 is 15.0 Å². The zero-order valence-electron chi connectivity index (χ0n) is 21.5. The van der Waals surface area contributed by atoms with Crippen LogP contribution in [0.4, 0.5) is 11.6 Å². The number of nitrogens with zero attached hydrogens (tertiary/aromatic N) is 5. The van der Waals surface area contributed by atoms with E-state index in [1.165, 1.54) is 11.3 Å². The third kappa shape index (κ3) is 4.44. The van der Waals surface area contributed by atoms with Crippen LogP contribution in [0.2, 0.25) is 0 Å². The number of nitrogens with one attached hydrogen (secondary N) is 2. The first-order valence-corrected chi connectivity index (χ1v) is 13.3. The number of benzene rings is 1. The zero-order valence-corrected chi connectivity index (χ0v) is 22.3. The Labute approximate surface area is 223 Å². The predicted octanol–water partition coefficient (Wildman–Crippen LogP) is 3.21. The maximum Gasteiger partial charge on any atom is 0.270 e. The van der Waals surface area contributed by atoms with E-state index in [0.29, 0.717) is 47.5 Å². The molecule has 198 valence electrons. The summed E-state index contributed by atoms with van der Waals surface area (Å²) in [6, 6.07) is 7.48. The van der Waals surface area contributed by atoms with Crippen molar-refractivity contribution >= 4 is 45.8 Å². The normalized spacial score (nSPS) is 17.4. The Morgan fingerprint density at radius 1 is 1.21 bits per heavy atom. The molecule has 38 heavy (non-hydrogen) atoms. The number of anilines is 2. The number of aromatic nitrogens is 4. The number of thiophene rings is 1. The number of rotatable bonds is 6. The lowest BCUT2D eigenvalue weighted by Crippen LogP contribution is -2.50. The lowest BCUT2D eigenvalue weighted by molar-refractivity contribution is -0.132. The summed E-state index contributed by atoms with van der Waals surface area (Å²) in [5.41, 5.74) is 2.11. The van der Waals surface area contributed by atoms with Crippen LogP contribution >= 0.6 is 11.3 Å². The van der Waals surface area contributed by atoms with Gasteiger partial charge in [0.25, 0.3) is 11.8 Å². The van der Waals surface area contributed by atoms with E-state index in [2.05, 4.69) is 20.4 Å². The Balaban J connectivity index is 1.35. The number of hydrogen-bond donors (Lipinski definition) is 2. The molecule has 1 fully saturated rings. The van der Waals surface area contributed by atoms with Crippen LogP contribution in [0, 0.1) is 0 Å². The molecule has 1 saturated heterocycles. The number of imidazole rings is 1. The monoisotopic (exact) mass is 535 g/mol. The highest BCUT2D eigenvalue weighted by Crippen LogP contribution is 2.40. The molecule has 0 spiro atoms. The number of carbonyl (C=O) groups is 2. The molecular formula is C26H29N7O4S. The maximum absolute atomic E-state index is 13.3. The van der Waals surface area contributed by atoms with Gasteiger partial charge in [-0.25, -0.2) is 4.98 Å². The number of hydrogen-bond acceptors (Lipinski definition) is 8. The standard InChI is InChI=1S/C26H29N7O4S/c1-26(2)24(35)31(3)19-12-17-18(13-20(19)37-26)33(7-6-32-8-10-36-11-9-32)25(29-17)30-23(34)22-5-4-21(38-22)16-14-27-28-15-16/h4-5,12-15H,6-11H2,1-3H3,(H,27,28)(H,29,30,34). The van der Waals surface area contributed by atoms with E-state index in [1.54, 1.807) is 44.3 Å². The van der Waals surface area contributed by atoms with Crippen molar-refractivity contribution < 1.29 is 19.1 Å². The lowest BCUT2D eigenvalue weighted by atomic mass is 10.0. The number of morpholine rings is 1.